The third-order valence-corrected chi connectivity index (χ3v) is 4.98. The summed E-state index contributed by atoms with van der Waals surface area (Å²) in [5.41, 5.74) is 2.97. The normalized spacial score (nSPS) is 18.6. The molecular formula is C22H27N3O2. The fraction of sp³-hybridized carbons (Fsp3) is 0.364. The second-order valence-corrected chi connectivity index (χ2v) is 7.07. The van der Waals surface area contributed by atoms with Crippen LogP contribution in [-0.4, -0.2) is 24.0 Å². The summed E-state index contributed by atoms with van der Waals surface area (Å²) in [5.74, 6) is 0.0441. The molecule has 5 nitrogen and oxygen atoms in total. The van der Waals surface area contributed by atoms with Gasteiger partial charge in [-0.15, -0.1) is 0 Å². The molecule has 2 aromatic carbocycles. The van der Waals surface area contributed by atoms with Crippen molar-refractivity contribution in [2.24, 2.45) is 0 Å². The van der Waals surface area contributed by atoms with Gasteiger partial charge in [-0.3, -0.25) is 4.79 Å². The van der Waals surface area contributed by atoms with Crippen molar-refractivity contribution in [2.45, 2.75) is 51.1 Å². The van der Waals surface area contributed by atoms with E-state index in [0.29, 0.717) is 6.42 Å². The van der Waals surface area contributed by atoms with Crippen LogP contribution in [0.3, 0.4) is 0 Å². The summed E-state index contributed by atoms with van der Waals surface area (Å²) in [6.07, 6.45) is 4.28. The van der Waals surface area contributed by atoms with Gasteiger partial charge in [0.2, 0.25) is 5.91 Å². The van der Waals surface area contributed by atoms with Gasteiger partial charge in [-0.05, 0) is 31.4 Å². The zero-order valence-corrected chi connectivity index (χ0v) is 15.7. The minimum atomic E-state index is -0.0797. The van der Waals surface area contributed by atoms with Crippen LogP contribution in [0.5, 0.6) is 0 Å². The Kier molecular flexibility index (Phi) is 6.47. The highest BCUT2D eigenvalue weighted by molar-refractivity contribution is 5.95. The molecule has 0 aromatic heterocycles. The highest BCUT2D eigenvalue weighted by Gasteiger charge is 2.26. The van der Waals surface area contributed by atoms with E-state index in [0.717, 1.165) is 42.5 Å². The first kappa shape index (κ1) is 19.0. The Bertz CT molecular complexity index is 776. The van der Waals surface area contributed by atoms with Gasteiger partial charge >= 0.3 is 6.03 Å². The summed E-state index contributed by atoms with van der Waals surface area (Å²) >= 11 is 0. The third-order valence-electron chi connectivity index (χ3n) is 4.98. The van der Waals surface area contributed by atoms with E-state index in [2.05, 4.69) is 16.0 Å². The molecule has 0 unspecified atom stereocenters. The Labute approximate surface area is 160 Å². The first-order chi connectivity index (χ1) is 13.1. The number of carbonyl (C=O) groups is 2. The molecule has 2 atom stereocenters. The van der Waals surface area contributed by atoms with E-state index in [1.54, 1.807) is 0 Å². The summed E-state index contributed by atoms with van der Waals surface area (Å²) in [4.78, 5) is 23.6. The number of rotatable bonds is 8. The highest BCUT2D eigenvalue weighted by atomic mass is 16.2. The lowest BCUT2D eigenvalue weighted by Crippen LogP contribution is -2.30. The molecular weight excluding hydrogens is 338 g/mol. The molecule has 1 aliphatic heterocycles. The molecule has 0 saturated carbocycles. The summed E-state index contributed by atoms with van der Waals surface area (Å²) in [6, 6.07) is 18.2. The van der Waals surface area contributed by atoms with Crippen LogP contribution in [0.4, 0.5) is 10.5 Å². The Morgan fingerprint density at radius 1 is 0.963 bits per heavy atom. The molecule has 5 heteroatoms. The lowest BCUT2D eigenvalue weighted by Gasteiger charge is -2.14. The van der Waals surface area contributed by atoms with E-state index < -0.39 is 0 Å². The van der Waals surface area contributed by atoms with Crippen LogP contribution in [-0.2, 0) is 4.79 Å². The van der Waals surface area contributed by atoms with E-state index in [4.69, 9.17) is 0 Å². The number of nitrogens with one attached hydrogen (secondary N) is 3. The van der Waals surface area contributed by atoms with E-state index in [1.165, 1.54) is 0 Å². The predicted octanol–water partition coefficient (Wildman–Crippen LogP) is 4.31. The maximum atomic E-state index is 12.3. The predicted molar refractivity (Wildman–Crippen MR) is 109 cm³/mol. The zero-order valence-electron chi connectivity index (χ0n) is 15.7. The monoisotopic (exact) mass is 365 g/mol. The topological polar surface area (TPSA) is 70.2 Å². The first-order valence-electron chi connectivity index (χ1n) is 9.65. The van der Waals surface area contributed by atoms with Crippen molar-refractivity contribution >= 4 is 17.6 Å². The Morgan fingerprint density at radius 2 is 1.70 bits per heavy atom. The average Bonchev–Trinajstić information content (AvgIpc) is 3.00. The maximum absolute atomic E-state index is 12.3. The smallest absolute Gasteiger partial charge is 0.315 e. The first-order valence-corrected chi connectivity index (χ1v) is 9.65. The van der Waals surface area contributed by atoms with Crippen molar-refractivity contribution in [3.8, 4) is 11.1 Å². The molecule has 1 heterocycles. The van der Waals surface area contributed by atoms with Crippen LogP contribution in [0.25, 0.3) is 11.1 Å². The lowest BCUT2D eigenvalue weighted by molar-refractivity contribution is -0.116. The van der Waals surface area contributed by atoms with Gasteiger partial charge in [-0.25, -0.2) is 4.79 Å². The summed E-state index contributed by atoms with van der Waals surface area (Å²) in [6.45, 7) is 2.01. The van der Waals surface area contributed by atoms with Crippen LogP contribution in [0.2, 0.25) is 0 Å². The van der Waals surface area contributed by atoms with Gasteiger partial charge in [0.25, 0.3) is 0 Å². The third kappa shape index (κ3) is 5.33. The minimum Gasteiger partial charge on any atom is -0.334 e. The Balaban J connectivity index is 1.43. The molecule has 3 rings (SSSR count). The summed E-state index contributed by atoms with van der Waals surface area (Å²) < 4.78 is 0. The quantitative estimate of drug-likeness (QED) is 0.610. The number of hydrogen-bond donors (Lipinski definition) is 3. The Morgan fingerprint density at radius 3 is 2.44 bits per heavy atom. The van der Waals surface area contributed by atoms with E-state index in [-0.39, 0.29) is 24.0 Å². The van der Waals surface area contributed by atoms with E-state index in [1.807, 2.05) is 61.5 Å². The fourth-order valence-electron chi connectivity index (χ4n) is 3.47. The van der Waals surface area contributed by atoms with Gasteiger partial charge in [-0.2, -0.15) is 0 Å². The van der Waals surface area contributed by atoms with Crippen LogP contribution in [0, 0.1) is 0 Å². The molecule has 0 bridgehead atoms. The molecule has 0 spiro atoms. The van der Waals surface area contributed by atoms with Crippen LogP contribution >= 0.6 is 0 Å². The standard InChI is InChI=1S/C22H27N3O2/c1-16-19(25-22(27)23-16)13-6-3-7-15-21(26)24-20-14-9-8-12-18(20)17-10-4-2-5-11-17/h2,4-5,8-12,14,16,19H,3,6-7,13,15H2,1H3,(H,24,26)(H2,23,25,27)/t16-,19+/m0/s1. The minimum absolute atomic E-state index is 0.0441. The van der Waals surface area contributed by atoms with Gasteiger partial charge in [0.15, 0.2) is 0 Å². The molecule has 142 valence electrons. The van der Waals surface area contributed by atoms with Crippen molar-refractivity contribution in [3.63, 3.8) is 0 Å². The van der Waals surface area contributed by atoms with Crippen molar-refractivity contribution in [1.82, 2.24) is 10.6 Å². The van der Waals surface area contributed by atoms with Crippen LogP contribution < -0.4 is 16.0 Å². The molecule has 3 N–H and O–H groups in total. The zero-order chi connectivity index (χ0) is 19.1. The fourth-order valence-corrected chi connectivity index (χ4v) is 3.47. The molecule has 2 aromatic rings. The maximum Gasteiger partial charge on any atom is 0.315 e. The molecule has 1 aliphatic rings. The van der Waals surface area contributed by atoms with Crippen molar-refractivity contribution in [1.29, 1.82) is 0 Å². The number of amides is 3. The number of anilines is 1. The molecule has 3 amide bonds. The molecule has 1 fully saturated rings. The van der Waals surface area contributed by atoms with Crippen molar-refractivity contribution in [3.05, 3.63) is 54.6 Å². The number of carbonyl (C=O) groups excluding carboxylic acids is 2. The molecule has 27 heavy (non-hydrogen) atoms. The van der Waals surface area contributed by atoms with Gasteiger partial charge in [0, 0.05) is 23.7 Å². The van der Waals surface area contributed by atoms with Gasteiger partial charge in [0.05, 0.1) is 6.04 Å². The van der Waals surface area contributed by atoms with Gasteiger partial charge in [0.1, 0.15) is 0 Å². The molecule has 1 saturated heterocycles. The number of hydrogen-bond acceptors (Lipinski definition) is 2. The van der Waals surface area contributed by atoms with Crippen LogP contribution in [0.1, 0.15) is 39.0 Å². The van der Waals surface area contributed by atoms with Gasteiger partial charge in [-0.1, -0.05) is 61.4 Å². The van der Waals surface area contributed by atoms with Crippen molar-refractivity contribution in [2.75, 3.05) is 5.32 Å². The second kappa shape index (κ2) is 9.21. The largest absolute Gasteiger partial charge is 0.334 e. The van der Waals surface area contributed by atoms with E-state index in [9.17, 15) is 9.59 Å². The molecule has 0 radical (unpaired) electrons. The summed E-state index contributed by atoms with van der Waals surface area (Å²) in [7, 11) is 0. The number of unbranched alkanes of at least 4 members (excludes halogenated alkanes) is 2. The van der Waals surface area contributed by atoms with Crippen LogP contribution in [0.15, 0.2) is 54.6 Å². The Hall–Kier alpha value is -2.82. The van der Waals surface area contributed by atoms with Crippen molar-refractivity contribution < 1.29 is 9.59 Å². The van der Waals surface area contributed by atoms with E-state index >= 15 is 0 Å². The SMILES string of the molecule is C[C@@H]1NC(=O)N[C@@H]1CCCCCC(=O)Nc1ccccc1-c1ccccc1. The number of para-hydroxylation sites is 1. The average molecular weight is 365 g/mol. The number of urea groups is 1. The summed E-state index contributed by atoms with van der Waals surface area (Å²) in [5, 5.41) is 8.83. The van der Waals surface area contributed by atoms with Gasteiger partial charge < -0.3 is 16.0 Å². The highest BCUT2D eigenvalue weighted by Crippen LogP contribution is 2.27. The second-order valence-electron chi connectivity index (χ2n) is 7.07. The molecule has 0 aliphatic carbocycles. The number of benzene rings is 2. The lowest BCUT2D eigenvalue weighted by atomic mass is 10.0.